The molecule has 5 aromatic rings. The molecule has 2 aromatic carbocycles. The zero-order valence-electron chi connectivity index (χ0n) is 16.5. The Bertz CT molecular complexity index is 1280. The number of nitrogens with zero attached hydrogens (tertiary/aromatic N) is 3. The van der Waals surface area contributed by atoms with Gasteiger partial charge in [0, 0.05) is 11.6 Å². The zero-order valence-corrected chi connectivity index (χ0v) is 16.5. The molecule has 0 amide bonds. The van der Waals surface area contributed by atoms with Gasteiger partial charge in [0.1, 0.15) is 22.6 Å². The van der Waals surface area contributed by atoms with E-state index in [2.05, 4.69) is 82.0 Å². The number of fused-ring (bicyclic) bond motifs is 1. The number of imidazole rings is 2. The van der Waals surface area contributed by atoms with Crippen LogP contribution in [0.4, 0.5) is 0 Å². The molecule has 0 unspecified atom stereocenters. The van der Waals surface area contributed by atoms with Gasteiger partial charge in [-0.05, 0) is 36.1 Å². The Morgan fingerprint density at radius 2 is 1.69 bits per heavy atom. The highest BCUT2D eigenvalue weighted by Gasteiger charge is 2.11. The normalized spacial score (nSPS) is 11.2. The van der Waals surface area contributed by atoms with Crippen molar-refractivity contribution in [1.82, 2.24) is 19.9 Å². The maximum Gasteiger partial charge on any atom is 0.195 e. The number of aromatic amines is 2. The summed E-state index contributed by atoms with van der Waals surface area (Å²) in [5, 5.41) is 0. The van der Waals surface area contributed by atoms with Crippen LogP contribution in [0, 0.1) is 13.8 Å². The minimum atomic E-state index is 0.745. The van der Waals surface area contributed by atoms with Crippen LogP contribution in [0.1, 0.15) is 16.8 Å². The monoisotopic (exact) mass is 380 g/mol. The number of benzene rings is 2. The van der Waals surface area contributed by atoms with Crippen molar-refractivity contribution in [3.05, 3.63) is 90.3 Å². The Kier molecular flexibility index (Phi) is 4.21. The summed E-state index contributed by atoms with van der Waals surface area (Å²) in [6, 6.07) is 17.2. The quantitative estimate of drug-likeness (QED) is 0.449. The van der Waals surface area contributed by atoms with Crippen LogP contribution < -0.4 is 4.57 Å². The minimum Gasteiger partial charge on any atom is -0.343 e. The number of hydrogen-bond acceptors (Lipinski definition) is 2. The molecule has 0 atom stereocenters. The molecule has 0 saturated carbocycles. The summed E-state index contributed by atoms with van der Waals surface area (Å²) in [4.78, 5) is 15.4. The van der Waals surface area contributed by atoms with Gasteiger partial charge >= 0.3 is 0 Å². The zero-order chi connectivity index (χ0) is 19.8. The maximum absolute atomic E-state index is 4.76. The predicted octanol–water partition coefficient (Wildman–Crippen LogP) is 4.57. The van der Waals surface area contributed by atoms with Crippen molar-refractivity contribution in [1.29, 1.82) is 0 Å². The lowest BCUT2D eigenvalue weighted by Gasteiger charge is -2.06. The lowest BCUT2D eigenvalue weighted by Crippen LogP contribution is -2.33. The van der Waals surface area contributed by atoms with Gasteiger partial charge in [-0.25, -0.2) is 9.97 Å². The molecule has 2 N–H and O–H groups in total. The fraction of sp³-hybridized carbons (Fsp3) is 0.125. The number of aromatic nitrogens is 5. The number of nitrogens with one attached hydrogen (secondary N) is 2. The molecule has 0 fully saturated rings. The van der Waals surface area contributed by atoms with E-state index in [-0.39, 0.29) is 0 Å². The highest BCUT2D eigenvalue weighted by Crippen LogP contribution is 2.26. The molecule has 0 aliphatic rings. The molecule has 3 aromatic heterocycles. The lowest BCUT2D eigenvalue weighted by atomic mass is 9.99. The second-order valence-corrected chi connectivity index (χ2v) is 7.45. The van der Waals surface area contributed by atoms with Gasteiger partial charge in [-0.1, -0.05) is 42.5 Å². The molecule has 0 bridgehead atoms. The van der Waals surface area contributed by atoms with E-state index in [9.17, 15) is 0 Å². The van der Waals surface area contributed by atoms with Crippen molar-refractivity contribution in [3.63, 3.8) is 0 Å². The molecule has 5 rings (SSSR count). The fourth-order valence-corrected chi connectivity index (χ4v) is 3.55. The minimum absolute atomic E-state index is 0.745. The van der Waals surface area contributed by atoms with Gasteiger partial charge < -0.3 is 9.97 Å². The van der Waals surface area contributed by atoms with Crippen LogP contribution in [0.15, 0.2) is 73.4 Å². The molecule has 3 heterocycles. The van der Waals surface area contributed by atoms with E-state index in [1.165, 1.54) is 22.3 Å². The van der Waals surface area contributed by atoms with E-state index in [1.54, 1.807) is 6.33 Å². The molecular weight excluding hydrogens is 358 g/mol. The van der Waals surface area contributed by atoms with E-state index in [4.69, 9.17) is 4.98 Å². The van der Waals surface area contributed by atoms with E-state index in [1.807, 2.05) is 18.5 Å². The Labute approximate surface area is 169 Å². The van der Waals surface area contributed by atoms with Gasteiger partial charge in [0.2, 0.25) is 0 Å². The van der Waals surface area contributed by atoms with Crippen molar-refractivity contribution in [2.45, 2.75) is 20.4 Å². The Balaban J connectivity index is 1.43. The third-order valence-corrected chi connectivity index (χ3v) is 5.39. The Hall–Kier alpha value is -3.73. The fourth-order valence-electron chi connectivity index (χ4n) is 3.55. The number of aryl methyl sites for hydroxylation is 2. The number of hydrogen-bond donors (Lipinski definition) is 2. The number of H-pyrrole nitrogens is 2. The first kappa shape index (κ1) is 17.4. The first-order valence-corrected chi connectivity index (χ1v) is 9.70. The van der Waals surface area contributed by atoms with Crippen LogP contribution in [0.2, 0.25) is 0 Å². The molecule has 142 valence electrons. The van der Waals surface area contributed by atoms with Crippen LogP contribution in [-0.2, 0) is 6.54 Å². The van der Waals surface area contributed by atoms with E-state index < -0.39 is 0 Å². The summed E-state index contributed by atoms with van der Waals surface area (Å²) in [7, 11) is 0. The van der Waals surface area contributed by atoms with Crippen LogP contribution in [-0.4, -0.2) is 19.9 Å². The SMILES string of the molecule is Cc1ccc(-c2ccc(-c3nc4cc[n+](Cc5cnc[nH]5)cc4[nH]3)cc2)cc1C. The van der Waals surface area contributed by atoms with Gasteiger partial charge in [-0.3, -0.25) is 0 Å². The Morgan fingerprint density at radius 1 is 0.897 bits per heavy atom. The molecule has 0 aliphatic carbocycles. The highest BCUT2D eigenvalue weighted by molar-refractivity contribution is 5.78. The summed E-state index contributed by atoms with van der Waals surface area (Å²) >= 11 is 0. The molecule has 0 saturated heterocycles. The largest absolute Gasteiger partial charge is 0.343 e. The summed E-state index contributed by atoms with van der Waals surface area (Å²) in [5.41, 5.74) is 9.20. The van der Waals surface area contributed by atoms with E-state index in [0.717, 1.165) is 34.7 Å². The first-order chi connectivity index (χ1) is 14.2. The van der Waals surface area contributed by atoms with E-state index >= 15 is 0 Å². The van der Waals surface area contributed by atoms with Gasteiger partial charge in [-0.15, -0.1) is 0 Å². The van der Waals surface area contributed by atoms with Gasteiger partial charge in [-0.2, -0.15) is 4.57 Å². The van der Waals surface area contributed by atoms with Crippen molar-refractivity contribution in [2.75, 3.05) is 0 Å². The summed E-state index contributed by atoms with van der Waals surface area (Å²) in [6.45, 7) is 5.04. The van der Waals surface area contributed by atoms with Crippen molar-refractivity contribution < 1.29 is 4.57 Å². The topological polar surface area (TPSA) is 61.2 Å². The van der Waals surface area contributed by atoms with Crippen LogP contribution in [0.3, 0.4) is 0 Å². The van der Waals surface area contributed by atoms with Gasteiger partial charge in [0.25, 0.3) is 0 Å². The van der Waals surface area contributed by atoms with Crippen LogP contribution >= 0.6 is 0 Å². The molecule has 0 radical (unpaired) electrons. The average Bonchev–Trinajstić information content (AvgIpc) is 3.40. The molecule has 0 aliphatic heterocycles. The molecule has 5 heteroatoms. The average molecular weight is 380 g/mol. The molecule has 29 heavy (non-hydrogen) atoms. The van der Waals surface area contributed by atoms with Crippen molar-refractivity contribution >= 4 is 11.0 Å². The standard InChI is InChI=1S/C24H21N5/c1-16-3-4-20(11-17(16)2)18-5-7-19(8-6-18)24-27-22-9-10-29(14-23(22)28-24)13-21-12-25-15-26-21/h3-12,14-15H,13H2,1-2H3,(H,25,26)/p+1. The third kappa shape index (κ3) is 3.43. The molecular formula is C24H22N5+. The lowest BCUT2D eigenvalue weighted by molar-refractivity contribution is -0.687. The van der Waals surface area contributed by atoms with Crippen LogP contribution in [0.5, 0.6) is 0 Å². The van der Waals surface area contributed by atoms with Crippen molar-refractivity contribution in [3.8, 4) is 22.5 Å². The van der Waals surface area contributed by atoms with Gasteiger partial charge in [0.15, 0.2) is 18.9 Å². The third-order valence-electron chi connectivity index (χ3n) is 5.39. The summed E-state index contributed by atoms with van der Waals surface area (Å²) in [6.07, 6.45) is 7.66. The smallest absolute Gasteiger partial charge is 0.195 e. The van der Waals surface area contributed by atoms with Crippen LogP contribution in [0.25, 0.3) is 33.5 Å². The van der Waals surface area contributed by atoms with Crippen molar-refractivity contribution in [2.24, 2.45) is 0 Å². The summed E-state index contributed by atoms with van der Waals surface area (Å²) < 4.78 is 2.11. The second kappa shape index (κ2) is 7.02. The first-order valence-electron chi connectivity index (χ1n) is 9.70. The number of pyridine rings is 1. The highest BCUT2D eigenvalue weighted by atomic mass is 15.0. The predicted molar refractivity (Wildman–Crippen MR) is 114 cm³/mol. The summed E-state index contributed by atoms with van der Waals surface area (Å²) in [5.74, 6) is 0.880. The second-order valence-electron chi connectivity index (χ2n) is 7.45. The molecule has 0 spiro atoms. The Morgan fingerprint density at radius 3 is 2.45 bits per heavy atom. The molecule has 5 nitrogen and oxygen atoms in total. The van der Waals surface area contributed by atoms with E-state index in [0.29, 0.717) is 0 Å². The van der Waals surface area contributed by atoms with Gasteiger partial charge in [0.05, 0.1) is 12.5 Å². The maximum atomic E-state index is 4.76. The number of rotatable bonds is 4.